The number of rotatable bonds is 12. The van der Waals surface area contributed by atoms with Gasteiger partial charge in [0.05, 0.1) is 10.6 Å². The minimum absolute atomic E-state index is 0.0213. The average molecular weight is 602 g/mol. The molecule has 2 amide bonds. The summed E-state index contributed by atoms with van der Waals surface area (Å²) in [5.41, 5.74) is 2.95. The number of hydrogen-bond donors (Lipinski definition) is 1. The molecule has 0 aliphatic heterocycles. The lowest BCUT2D eigenvalue weighted by molar-refractivity contribution is -0.140. The van der Waals surface area contributed by atoms with Crippen LogP contribution in [0.2, 0.25) is 0 Å². The van der Waals surface area contributed by atoms with E-state index in [1.54, 1.807) is 62.4 Å². The highest BCUT2D eigenvalue weighted by atomic mass is 32.2. The summed E-state index contributed by atoms with van der Waals surface area (Å²) in [7, 11) is -4.20. The molecule has 4 rings (SSSR count). The Labute approximate surface area is 253 Å². The van der Waals surface area contributed by atoms with Gasteiger partial charge in [-0.05, 0) is 56.2 Å². The van der Waals surface area contributed by atoms with Crippen molar-refractivity contribution in [1.82, 2.24) is 10.2 Å². The molecule has 43 heavy (non-hydrogen) atoms. The van der Waals surface area contributed by atoms with E-state index in [0.29, 0.717) is 17.8 Å². The van der Waals surface area contributed by atoms with Gasteiger partial charge in [0.25, 0.3) is 10.0 Å². The molecule has 0 saturated carbocycles. The summed E-state index contributed by atoms with van der Waals surface area (Å²) in [5, 5.41) is 2.80. The van der Waals surface area contributed by atoms with Gasteiger partial charge in [0.2, 0.25) is 11.8 Å². The van der Waals surface area contributed by atoms with E-state index in [9.17, 15) is 22.4 Å². The lowest BCUT2D eigenvalue weighted by Gasteiger charge is -2.34. The van der Waals surface area contributed by atoms with Gasteiger partial charge in [0.1, 0.15) is 18.4 Å². The number of nitrogens with one attached hydrogen (secondary N) is 1. The molecule has 0 aromatic heterocycles. The Morgan fingerprint density at radius 1 is 0.860 bits per heavy atom. The first-order valence-electron chi connectivity index (χ1n) is 14.1. The molecule has 9 heteroatoms. The number of likely N-dealkylation sites (N-methyl/N-ethyl adjacent to an activating group) is 1. The quantitative estimate of drug-likeness (QED) is 0.235. The van der Waals surface area contributed by atoms with Gasteiger partial charge in [-0.2, -0.15) is 0 Å². The van der Waals surface area contributed by atoms with Gasteiger partial charge < -0.3 is 10.2 Å². The number of aryl methyl sites for hydroxylation is 2. The molecule has 4 aromatic carbocycles. The molecule has 0 spiro atoms. The highest BCUT2D eigenvalue weighted by Crippen LogP contribution is 2.28. The van der Waals surface area contributed by atoms with Crippen molar-refractivity contribution < 1.29 is 22.4 Å². The van der Waals surface area contributed by atoms with Gasteiger partial charge in [-0.1, -0.05) is 84.4 Å². The van der Waals surface area contributed by atoms with Crippen molar-refractivity contribution in [2.45, 2.75) is 44.7 Å². The van der Waals surface area contributed by atoms with Crippen LogP contribution in [0.25, 0.3) is 0 Å². The van der Waals surface area contributed by atoms with Crippen molar-refractivity contribution in [1.29, 1.82) is 0 Å². The zero-order chi connectivity index (χ0) is 31.0. The number of sulfonamides is 1. The molecule has 224 valence electrons. The summed E-state index contributed by atoms with van der Waals surface area (Å²) in [6, 6.07) is 27.4. The van der Waals surface area contributed by atoms with Crippen LogP contribution < -0.4 is 9.62 Å². The van der Waals surface area contributed by atoms with Crippen LogP contribution in [0.1, 0.15) is 29.2 Å². The maximum Gasteiger partial charge on any atom is 0.264 e. The molecule has 0 aliphatic carbocycles. The molecular formula is C34H36FN3O4S. The Bertz CT molecular complexity index is 1660. The van der Waals surface area contributed by atoms with Gasteiger partial charge >= 0.3 is 0 Å². The summed E-state index contributed by atoms with van der Waals surface area (Å²) >= 11 is 0. The van der Waals surface area contributed by atoms with Crippen molar-refractivity contribution in [3.05, 3.63) is 131 Å². The number of benzene rings is 4. The SMILES string of the molecule is CCNC(=O)[C@@H](Cc1ccccc1)N(Cc1ccccc1F)C(=O)CN(c1ccc(C)cc1C)S(=O)(=O)c1ccccc1. The summed E-state index contributed by atoms with van der Waals surface area (Å²) in [4.78, 5) is 29.2. The molecule has 0 aliphatic rings. The molecule has 4 aromatic rings. The summed E-state index contributed by atoms with van der Waals surface area (Å²) in [5.74, 6) is -1.59. The molecule has 1 atom stereocenters. The smallest absolute Gasteiger partial charge is 0.264 e. The van der Waals surface area contributed by atoms with Gasteiger partial charge in [0, 0.05) is 25.1 Å². The molecule has 0 radical (unpaired) electrons. The van der Waals surface area contributed by atoms with Crippen molar-refractivity contribution in [2.75, 3.05) is 17.4 Å². The van der Waals surface area contributed by atoms with Gasteiger partial charge in [-0.3, -0.25) is 13.9 Å². The Balaban J connectivity index is 1.82. The maximum absolute atomic E-state index is 14.9. The van der Waals surface area contributed by atoms with E-state index in [4.69, 9.17) is 0 Å². The third-order valence-corrected chi connectivity index (χ3v) is 8.93. The van der Waals surface area contributed by atoms with Crippen LogP contribution in [0.3, 0.4) is 0 Å². The fourth-order valence-electron chi connectivity index (χ4n) is 4.97. The lowest BCUT2D eigenvalue weighted by Crippen LogP contribution is -2.53. The molecular weight excluding hydrogens is 565 g/mol. The van der Waals surface area contributed by atoms with Crippen molar-refractivity contribution in [2.24, 2.45) is 0 Å². The standard InChI is InChI=1S/C34H36FN3O4S/c1-4-36-34(40)32(22-27-13-7-5-8-14-27)37(23-28-15-11-12-18-30(28)35)33(39)24-38(31-20-19-25(2)21-26(31)3)43(41,42)29-16-9-6-10-17-29/h5-21,32H,4,22-24H2,1-3H3,(H,36,40)/t32-/m1/s1. The zero-order valence-electron chi connectivity index (χ0n) is 24.5. The summed E-state index contributed by atoms with van der Waals surface area (Å²) < 4.78 is 44.1. The van der Waals surface area contributed by atoms with Crippen LogP contribution in [0.5, 0.6) is 0 Å². The third kappa shape index (κ3) is 7.67. The van der Waals surface area contributed by atoms with Crippen LogP contribution in [0.15, 0.2) is 108 Å². The summed E-state index contributed by atoms with van der Waals surface area (Å²) in [6.45, 7) is 4.95. The number of anilines is 1. The predicted molar refractivity (Wildman–Crippen MR) is 166 cm³/mol. The second-order valence-corrected chi connectivity index (χ2v) is 12.2. The number of hydrogen-bond acceptors (Lipinski definition) is 4. The Morgan fingerprint density at radius 3 is 2.12 bits per heavy atom. The molecule has 0 heterocycles. The normalized spacial score (nSPS) is 11.9. The van der Waals surface area contributed by atoms with Gasteiger partial charge in [-0.25, -0.2) is 12.8 Å². The van der Waals surface area contributed by atoms with Crippen LogP contribution in [0.4, 0.5) is 10.1 Å². The highest BCUT2D eigenvalue weighted by molar-refractivity contribution is 7.92. The summed E-state index contributed by atoms with van der Waals surface area (Å²) in [6.07, 6.45) is 0.155. The van der Waals surface area contributed by atoms with E-state index >= 15 is 0 Å². The van der Waals surface area contributed by atoms with Crippen LogP contribution in [-0.2, 0) is 32.6 Å². The predicted octanol–water partition coefficient (Wildman–Crippen LogP) is 5.41. The largest absolute Gasteiger partial charge is 0.355 e. The van der Waals surface area contributed by atoms with E-state index in [2.05, 4.69) is 5.32 Å². The van der Waals surface area contributed by atoms with Crippen molar-refractivity contribution in [3.8, 4) is 0 Å². The molecule has 7 nitrogen and oxygen atoms in total. The van der Waals surface area contributed by atoms with Crippen LogP contribution in [0, 0.1) is 19.7 Å². The fraction of sp³-hybridized carbons (Fsp3) is 0.235. The Kier molecular flexibility index (Phi) is 10.3. The second-order valence-electron chi connectivity index (χ2n) is 10.3. The molecule has 0 saturated heterocycles. The number of amides is 2. The average Bonchev–Trinajstić information content (AvgIpc) is 3.00. The van der Waals surface area contributed by atoms with E-state index in [1.807, 2.05) is 43.3 Å². The number of carbonyl (C=O) groups excluding carboxylic acids is 2. The molecule has 0 bridgehead atoms. The molecule has 1 N–H and O–H groups in total. The molecule has 0 fully saturated rings. The second kappa shape index (κ2) is 14.1. The van der Waals surface area contributed by atoms with E-state index in [1.165, 1.54) is 23.1 Å². The number of nitrogens with zero attached hydrogens (tertiary/aromatic N) is 2. The first-order chi connectivity index (χ1) is 20.6. The Hall–Kier alpha value is -4.50. The maximum atomic E-state index is 14.9. The van der Waals surface area contributed by atoms with Crippen LogP contribution in [-0.4, -0.2) is 44.3 Å². The van der Waals surface area contributed by atoms with E-state index < -0.39 is 40.2 Å². The number of carbonyl (C=O) groups is 2. The van der Waals surface area contributed by atoms with Crippen molar-refractivity contribution >= 4 is 27.5 Å². The van der Waals surface area contributed by atoms with Gasteiger partial charge in [0.15, 0.2) is 0 Å². The number of halogens is 1. The van der Waals surface area contributed by atoms with E-state index in [-0.39, 0.29) is 23.4 Å². The molecule has 0 unspecified atom stereocenters. The minimum atomic E-state index is -4.20. The Morgan fingerprint density at radius 2 is 1.49 bits per heavy atom. The minimum Gasteiger partial charge on any atom is -0.355 e. The first-order valence-corrected chi connectivity index (χ1v) is 15.6. The van der Waals surface area contributed by atoms with Crippen molar-refractivity contribution in [3.63, 3.8) is 0 Å². The zero-order valence-corrected chi connectivity index (χ0v) is 25.4. The topological polar surface area (TPSA) is 86.8 Å². The van der Waals surface area contributed by atoms with Crippen LogP contribution >= 0.6 is 0 Å². The highest BCUT2D eigenvalue weighted by Gasteiger charge is 2.35. The van der Waals surface area contributed by atoms with Gasteiger partial charge in [-0.15, -0.1) is 0 Å². The third-order valence-electron chi connectivity index (χ3n) is 7.15. The fourth-order valence-corrected chi connectivity index (χ4v) is 6.47. The monoisotopic (exact) mass is 601 g/mol. The van der Waals surface area contributed by atoms with E-state index in [0.717, 1.165) is 15.4 Å². The first kappa shape index (κ1) is 31.4. The lowest BCUT2D eigenvalue weighted by atomic mass is 10.0.